The number of aliphatic carboxylic acids is 1. The summed E-state index contributed by atoms with van der Waals surface area (Å²) in [5, 5.41) is 15.6. The van der Waals surface area contributed by atoms with Gasteiger partial charge in [0.1, 0.15) is 0 Å². The maximum absolute atomic E-state index is 11.3. The van der Waals surface area contributed by atoms with Crippen LogP contribution in [0.2, 0.25) is 0 Å². The Hall–Kier alpha value is -1.82. The van der Waals surface area contributed by atoms with Crippen molar-refractivity contribution in [2.24, 2.45) is 0 Å². The minimum absolute atomic E-state index is 0.268. The number of aromatic nitrogens is 2. The van der Waals surface area contributed by atoms with Crippen LogP contribution in [0.25, 0.3) is 10.6 Å². The lowest BCUT2D eigenvalue weighted by molar-refractivity contribution is -0.136. The Bertz CT molecular complexity index is 524. The van der Waals surface area contributed by atoms with Crippen molar-refractivity contribution in [2.45, 2.75) is 6.42 Å². The van der Waals surface area contributed by atoms with E-state index in [1.54, 1.807) is 0 Å². The third kappa shape index (κ3) is 1.84. The van der Waals surface area contributed by atoms with E-state index in [1.807, 2.05) is 17.5 Å². The van der Waals surface area contributed by atoms with Gasteiger partial charge in [0.05, 0.1) is 22.6 Å². The van der Waals surface area contributed by atoms with E-state index in [2.05, 4.69) is 10.2 Å². The highest BCUT2D eigenvalue weighted by Crippen LogP contribution is 2.24. The third-order valence-electron chi connectivity index (χ3n) is 1.97. The van der Waals surface area contributed by atoms with E-state index in [0.717, 1.165) is 4.88 Å². The summed E-state index contributed by atoms with van der Waals surface area (Å²) in [5.74, 6) is -1.02. The Labute approximate surface area is 88.4 Å². The Balaban J connectivity index is 2.49. The van der Waals surface area contributed by atoms with E-state index in [-0.39, 0.29) is 17.5 Å². The largest absolute Gasteiger partial charge is 0.481 e. The number of carboxylic acid groups (broad SMARTS) is 1. The average Bonchev–Trinajstić information content (AvgIpc) is 2.76. The van der Waals surface area contributed by atoms with Gasteiger partial charge in [-0.1, -0.05) is 6.07 Å². The molecule has 0 unspecified atom stereocenters. The Kier molecular flexibility index (Phi) is 2.42. The van der Waals surface area contributed by atoms with Crippen LogP contribution in [0, 0.1) is 0 Å². The van der Waals surface area contributed by atoms with Crippen LogP contribution >= 0.6 is 11.3 Å². The number of carboxylic acids is 1. The Morgan fingerprint density at radius 2 is 2.27 bits per heavy atom. The lowest BCUT2D eigenvalue weighted by Gasteiger charge is -1.95. The van der Waals surface area contributed by atoms with Crippen LogP contribution in [-0.4, -0.2) is 21.3 Å². The molecule has 0 radical (unpaired) electrons. The summed E-state index contributed by atoms with van der Waals surface area (Å²) < 4.78 is 0. The van der Waals surface area contributed by atoms with Gasteiger partial charge in [0.25, 0.3) is 5.56 Å². The fourth-order valence-corrected chi connectivity index (χ4v) is 2.09. The number of hydrogen-bond donors (Lipinski definition) is 3. The molecule has 0 aliphatic carbocycles. The molecule has 78 valence electrons. The van der Waals surface area contributed by atoms with Crippen LogP contribution in [0.4, 0.5) is 0 Å². The second-order valence-corrected chi connectivity index (χ2v) is 3.93. The third-order valence-corrected chi connectivity index (χ3v) is 2.86. The summed E-state index contributed by atoms with van der Waals surface area (Å²) in [6.45, 7) is 0. The summed E-state index contributed by atoms with van der Waals surface area (Å²) in [7, 11) is 0. The molecule has 0 amide bonds. The smallest absolute Gasteiger partial charge is 0.308 e. The Morgan fingerprint density at radius 3 is 2.87 bits per heavy atom. The molecule has 2 aromatic heterocycles. The number of nitrogens with one attached hydrogen (secondary N) is 2. The first-order valence-corrected chi connectivity index (χ1v) is 5.11. The van der Waals surface area contributed by atoms with E-state index in [0.29, 0.717) is 5.69 Å². The summed E-state index contributed by atoms with van der Waals surface area (Å²) >= 11 is 1.45. The van der Waals surface area contributed by atoms with Crippen molar-refractivity contribution >= 4 is 17.3 Å². The first-order valence-electron chi connectivity index (χ1n) is 4.23. The van der Waals surface area contributed by atoms with E-state index >= 15 is 0 Å². The lowest BCUT2D eigenvalue weighted by atomic mass is 10.1. The van der Waals surface area contributed by atoms with E-state index in [4.69, 9.17) is 5.11 Å². The predicted octanol–water partition coefficient (Wildman–Crippen LogP) is 1.06. The van der Waals surface area contributed by atoms with E-state index < -0.39 is 5.97 Å². The van der Waals surface area contributed by atoms with Crippen LogP contribution in [0.5, 0.6) is 0 Å². The van der Waals surface area contributed by atoms with Gasteiger partial charge in [-0.25, -0.2) is 0 Å². The van der Waals surface area contributed by atoms with Gasteiger partial charge in [0.15, 0.2) is 0 Å². The maximum Gasteiger partial charge on any atom is 0.308 e. The zero-order chi connectivity index (χ0) is 10.8. The van der Waals surface area contributed by atoms with Crippen molar-refractivity contribution in [3.05, 3.63) is 33.4 Å². The van der Waals surface area contributed by atoms with Gasteiger partial charge in [0, 0.05) is 0 Å². The number of thiophene rings is 1. The van der Waals surface area contributed by atoms with Crippen LogP contribution in [0.15, 0.2) is 22.3 Å². The molecule has 0 aliphatic heterocycles. The second-order valence-electron chi connectivity index (χ2n) is 2.98. The normalized spacial score (nSPS) is 10.4. The summed E-state index contributed by atoms with van der Waals surface area (Å²) in [5.41, 5.74) is 0.461. The summed E-state index contributed by atoms with van der Waals surface area (Å²) in [4.78, 5) is 22.8. The van der Waals surface area contributed by atoms with Gasteiger partial charge in [-0.05, 0) is 11.4 Å². The molecule has 0 bridgehead atoms. The molecule has 3 N–H and O–H groups in total. The summed E-state index contributed by atoms with van der Waals surface area (Å²) in [6.07, 6.45) is -0.272. The van der Waals surface area contributed by atoms with Crippen molar-refractivity contribution in [1.82, 2.24) is 10.2 Å². The molecule has 0 saturated heterocycles. The van der Waals surface area contributed by atoms with Gasteiger partial charge >= 0.3 is 5.97 Å². The molecule has 2 rings (SSSR count). The van der Waals surface area contributed by atoms with Crippen molar-refractivity contribution in [2.75, 3.05) is 0 Å². The predicted molar refractivity (Wildman–Crippen MR) is 56.1 cm³/mol. The molecule has 0 atom stereocenters. The highest BCUT2D eigenvalue weighted by molar-refractivity contribution is 7.13. The molecule has 2 heterocycles. The molecular formula is C9H8N2O3S. The van der Waals surface area contributed by atoms with Crippen molar-refractivity contribution in [3.63, 3.8) is 0 Å². The van der Waals surface area contributed by atoms with Crippen molar-refractivity contribution in [1.29, 1.82) is 0 Å². The van der Waals surface area contributed by atoms with E-state index in [9.17, 15) is 9.59 Å². The number of carbonyl (C=O) groups is 1. The fraction of sp³-hybridized carbons (Fsp3) is 0.111. The van der Waals surface area contributed by atoms with Crippen LogP contribution in [0.1, 0.15) is 5.56 Å². The first kappa shape index (κ1) is 9.72. The van der Waals surface area contributed by atoms with E-state index in [1.165, 1.54) is 11.3 Å². The Morgan fingerprint density at radius 1 is 1.47 bits per heavy atom. The highest BCUT2D eigenvalue weighted by Gasteiger charge is 2.15. The monoisotopic (exact) mass is 224 g/mol. The minimum Gasteiger partial charge on any atom is -0.481 e. The SMILES string of the molecule is O=C(O)Cc1c(-c2cccs2)[nH][nH]c1=O. The van der Waals surface area contributed by atoms with Gasteiger partial charge < -0.3 is 5.11 Å². The van der Waals surface area contributed by atoms with Gasteiger partial charge in [0.2, 0.25) is 0 Å². The molecule has 5 nitrogen and oxygen atoms in total. The quantitative estimate of drug-likeness (QED) is 0.728. The van der Waals surface area contributed by atoms with Crippen molar-refractivity contribution < 1.29 is 9.90 Å². The second kappa shape index (κ2) is 3.74. The zero-order valence-electron chi connectivity index (χ0n) is 7.61. The van der Waals surface area contributed by atoms with Crippen LogP contribution in [0.3, 0.4) is 0 Å². The first-order chi connectivity index (χ1) is 7.18. The molecule has 2 aromatic rings. The summed E-state index contributed by atoms with van der Waals surface area (Å²) in [6, 6.07) is 3.67. The molecule has 15 heavy (non-hydrogen) atoms. The van der Waals surface area contributed by atoms with Gasteiger partial charge in [-0.15, -0.1) is 11.3 Å². The molecule has 6 heteroatoms. The lowest BCUT2D eigenvalue weighted by Crippen LogP contribution is -2.11. The van der Waals surface area contributed by atoms with Gasteiger partial charge in [-0.2, -0.15) is 0 Å². The molecule has 0 saturated carbocycles. The molecule has 0 spiro atoms. The molecule has 0 aliphatic rings. The fourth-order valence-electron chi connectivity index (χ4n) is 1.33. The number of hydrogen-bond acceptors (Lipinski definition) is 3. The molecule has 0 fully saturated rings. The number of rotatable bonds is 3. The van der Waals surface area contributed by atoms with Crippen molar-refractivity contribution in [3.8, 4) is 10.6 Å². The van der Waals surface area contributed by atoms with Crippen LogP contribution in [-0.2, 0) is 11.2 Å². The minimum atomic E-state index is -1.02. The van der Waals surface area contributed by atoms with Crippen LogP contribution < -0.4 is 5.56 Å². The highest BCUT2D eigenvalue weighted by atomic mass is 32.1. The average molecular weight is 224 g/mol. The topological polar surface area (TPSA) is 85.9 Å². The number of H-pyrrole nitrogens is 2. The molecular weight excluding hydrogens is 216 g/mol. The van der Waals surface area contributed by atoms with Gasteiger partial charge in [-0.3, -0.25) is 19.8 Å². The zero-order valence-corrected chi connectivity index (χ0v) is 8.43. The standard InChI is InChI=1S/C9H8N2O3S/c12-7(13)4-5-8(10-11-9(5)14)6-2-1-3-15-6/h1-3H,4H2,(H,12,13)(H2,10,11,14). The maximum atomic E-state index is 11.3. The molecule has 0 aromatic carbocycles. The number of aromatic amines is 2.